The van der Waals surface area contributed by atoms with Crippen LogP contribution in [0.1, 0.15) is 19.4 Å². The van der Waals surface area contributed by atoms with Gasteiger partial charge in [0.25, 0.3) is 0 Å². The van der Waals surface area contributed by atoms with Crippen molar-refractivity contribution in [1.29, 1.82) is 5.26 Å². The van der Waals surface area contributed by atoms with E-state index in [1.807, 2.05) is 62.4 Å². The molecule has 190 valence electrons. The Labute approximate surface area is 219 Å². The third-order valence-corrected chi connectivity index (χ3v) is 6.75. The van der Waals surface area contributed by atoms with Crippen LogP contribution in [0.3, 0.4) is 0 Å². The number of aryl methyl sites for hydroxylation is 1. The molecule has 1 N–H and O–H groups in total. The summed E-state index contributed by atoms with van der Waals surface area (Å²) in [6.45, 7) is 3.73. The van der Waals surface area contributed by atoms with E-state index >= 15 is 0 Å². The van der Waals surface area contributed by atoms with E-state index in [4.69, 9.17) is 0 Å². The number of carbonyl (C=O) groups excluding carboxylic acids is 1. The molecule has 3 aromatic heterocycles. The molecule has 0 saturated carbocycles. The first-order valence-electron chi connectivity index (χ1n) is 12.1. The van der Waals surface area contributed by atoms with Crippen LogP contribution in [-0.2, 0) is 12.5 Å². The molecule has 0 aliphatic heterocycles. The molecule has 5 rings (SSSR count). The average molecular weight is 506 g/mol. The summed E-state index contributed by atoms with van der Waals surface area (Å²) in [4.78, 5) is 35.7. The molecule has 0 aliphatic carbocycles. The Bertz CT molecular complexity index is 1790. The fraction of sp³-hybridized carbons (Fsp3) is 0.207. The quantitative estimate of drug-likeness (QED) is 0.376. The van der Waals surface area contributed by atoms with Crippen LogP contribution >= 0.6 is 0 Å². The molecule has 2 amide bonds. The first-order valence-corrected chi connectivity index (χ1v) is 12.1. The second-order valence-corrected chi connectivity index (χ2v) is 9.94. The smallest absolute Gasteiger partial charge is 0.331 e. The van der Waals surface area contributed by atoms with Gasteiger partial charge >= 0.3 is 11.7 Å². The van der Waals surface area contributed by atoms with Gasteiger partial charge in [0.2, 0.25) is 0 Å². The third kappa shape index (κ3) is 4.16. The van der Waals surface area contributed by atoms with Crippen LogP contribution < -0.4 is 11.0 Å². The number of anilines is 1. The lowest BCUT2D eigenvalue weighted by Gasteiger charge is -2.16. The molecule has 0 spiro atoms. The van der Waals surface area contributed by atoms with Crippen molar-refractivity contribution in [3.05, 3.63) is 83.0 Å². The predicted molar refractivity (Wildman–Crippen MR) is 148 cm³/mol. The molecule has 9 heteroatoms. The van der Waals surface area contributed by atoms with Crippen molar-refractivity contribution < 1.29 is 4.79 Å². The Morgan fingerprint density at radius 3 is 2.34 bits per heavy atom. The minimum Gasteiger partial charge on any atom is -0.331 e. The van der Waals surface area contributed by atoms with Crippen molar-refractivity contribution in [2.24, 2.45) is 7.05 Å². The lowest BCUT2D eigenvalue weighted by atomic mass is 9.86. The van der Waals surface area contributed by atoms with Gasteiger partial charge < -0.3 is 4.90 Å². The van der Waals surface area contributed by atoms with E-state index in [-0.39, 0.29) is 11.7 Å². The van der Waals surface area contributed by atoms with Gasteiger partial charge in [-0.15, -0.1) is 0 Å². The number of hydrogen-bond donors (Lipinski definition) is 1. The standard InChI is InChI=1S/C29H27N7O2/c1-29(2,17-30)20-8-10-21(11-9-20)36-26-22-14-18(6-12-23(22)31-16-24(26)35(5)28(36)38)19-7-13-25(32-15-19)33-27(37)34(3)4/h6-16H,1-5H3,(H,32,33,37). The van der Waals surface area contributed by atoms with Crippen molar-refractivity contribution in [3.63, 3.8) is 0 Å². The van der Waals surface area contributed by atoms with Gasteiger partial charge in [0.1, 0.15) is 5.82 Å². The normalized spacial score (nSPS) is 11.5. The van der Waals surface area contributed by atoms with Gasteiger partial charge in [-0.3, -0.25) is 19.4 Å². The number of nitrogens with zero attached hydrogens (tertiary/aromatic N) is 6. The predicted octanol–water partition coefficient (Wildman–Crippen LogP) is 4.83. The SMILES string of the molecule is CN(C)C(=O)Nc1ccc(-c2ccc3ncc4c(c3c2)n(-c2ccc(C(C)(C)C#N)cc2)c(=O)n4C)cn1. The van der Waals surface area contributed by atoms with E-state index in [9.17, 15) is 14.9 Å². The van der Waals surface area contributed by atoms with E-state index < -0.39 is 5.41 Å². The zero-order valence-electron chi connectivity index (χ0n) is 21.9. The topological polar surface area (TPSA) is 109 Å². The van der Waals surface area contributed by atoms with Crippen LogP contribution in [0, 0.1) is 11.3 Å². The average Bonchev–Trinajstić information content (AvgIpc) is 3.18. The molecular formula is C29H27N7O2. The molecule has 0 radical (unpaired) electrons. The summed E-state index contributed by atoms with van der Waals surface area (Å²) in [7, 11) is 5.06. The first-order chi connectivity index (χ1) is 18.1. The Morgan fingerprint density at radius 2 is 1.71 bits per heavy atom. The van der Waals surface area contributed by atoms with Gasteiger partial charge in [-0.25, -0.2) is 14.6 Å². The van der Waals surface area contributed by atoms with E-state index in [1.54, 1.807) is 48.7 Å². The minimum atomic E-state index is -0.632. The lowest BCUT2D eigenvalue weighted by Crippen LogP contribution is -2.27. The van der Waals surface area contributed by atoms with E-state index in [0.717, 1.165) is 33.1 Å². The number of fused-ring (bicyclic) bond motifs is 3. The molecular weight excluding hydrogens is 478 g/mol. The number of nitriles is 1. The molecule has 0 unspecified atom stereocenters. The number of pyridine rings is 2. The number of urea groups is 1. The first kappa shape index (κ1) is 24.7. The van der Waals surface area contributed by atoms with Gasteiger partial charge in [0.05, 0.1) is 39.9 Å². The summed E-state index contributed by atoms with van der Waals surface area (Å²) in [6.07, 6.45) is 3.42. The number of nitrogens with one attached hydrogen (secondary N) is 1. The Kier molecular flexibility index (Phi) is 5.96. The van der Waals surface area contributed by atoms with Gasteiger partial charge in [-0.05, 0) is 61.4 Å². The highest BCUT2D eigenvalue weighted by Gasteiger charge is 2.21. The molecule has 0 bridgehead atoms. The molecule has 0 saturated heterocycles. The maximum atomic E-state index is 13.4. The summed E-state index contributed by atoms with van der Waals surface area (Å²) in [5.41, 5.74) is 4.74. The summed E-state index contributed by atoms with van der Waals surface area (Å²) in [5.74, 6) is 0.456. The zero-order valence-corrected chi connectivity index (χ0v) is 21.9. The van der Waals surface area contributed by atoms with E-state index in [2.05, 4.69) is 21.4 Å². The third-order valence-electron chi connectivity index (χ3n) is 6.75. The van der Waals surface area contributed by atoms with Crippen molar-refractivity contribution in [2.45, 2.75) is 19.3 Å². The fourth-order valence-corrected chi connectivity index (χ4v) is 4.37. The van der Waals surface area contributed by atoms with Crippen molar-refractivity contribution in [3.8, 4) is 22.9 Å². The molecule has 0 aliphatic rings. The summed E-state index contributed by atoms with van der Waals surface area (Å²) >= 11 is 0. The molecule has 9 nitrogen and oxygen atoms in total. The minimum absolute atomic E-state index is 0.186. The molecule has 0 atom stereocenters. The summed E-state index contributed by atoms with van der Waals surface area (Å²) < 4.78 is 3.27. The van der Waals surface area contributed by atoms with Crippen molar-refractivity contribution >= 4 is 33.8 Å². The van der Waals surface area contributed by atoms with E-state index in [0.29, 0.717) is 17.0 Å². The van der Waals surface area contributed by atoms with Crippen LogP contribution in [0.2, 0.25) is 0 Å². The number of benzene rings is 2. The Balaban J connectivity index is 1.64. The second kappa shape index (κ2) is 9.16. The Hall–Kier alpha value is -4.97. The molecule has 5 aromatic rings. The van der Waals surface area contributed by atoms with Crippen LogP contribution in [-0.4, -0.2) is 44.1 Å². The number of hydrogen-bond acceptors (Lipinski definition) is 5. The van der Waals surface area contributed by atoms with Gasteiger partial charge in [-0.2, -0.15) is 5.26 Å². The summed E-state index contributed by atoms with van der Waals surface area (Å²) in [5, 5.41) is 13.1. The highest BCUT2D eigenvalue weighted by molar-refractivity contribution is 6.04. The monoisotopic (exact) mass is 505 g/mol. The largest absolute Gasteiger partial charge is 0.333 e. The molecule has 3 heterocycles. The highest BCUT2D eigenvalue weighted by Crippen LogP contribution is 2.30. The molecule has 0 fully saturated rings. The second-order valence-electron chi connectivity index (χ2n) is 9.94. The fourth-order valence-electron chi connectivity index (χ4n) is 4.37. The highest BCUT2D eigenvalue weighted by atomic mass is 16.2. The number of amides is 2. The van der Waals surface area contributed by atoms with Gasteiger partial charge in [0.15, 0.2) is 0 Å². The lowest BCUT2D eigenvalue weighted by molar-refractivity contribution is 0.230. The van der Waals surface area contributed by atoms with Crippen LogP contribution in [0.15, 0.2) is 71.8 Å². The zero-order chi connectivity index (χ0) is 27.2. The van der Waals surface area contributed by atoms with Gasteiger partial charge in [-0.1, -0.05) is 18.2 Å². The van der Waals surface area contributed by atoms with Crippen LogP contribution in [0.4, 0.5) is 10.6 Å². The number of carbonyl (C=O) groups is 1. The number of imidazole rings is 1. The van der Waals surface area contributed by atoms with Crippen molar-refractivity contribution in [2.75, 3.05) is 19.4 Å². The van der Waals surface area contributed by atoms with Gasteiger partial charge in [0, 0.05) is 38.3 Å². The molecule has 2 aromatic carbocycles. The molecule has 38 heavy (non-hydrogen) atoms. The number of aromatic nitrogens is 4. The van der Waals surface area contributed by atoms with E-state index in [1.165, 1.54) is 4.90 Å². The Morgan fingerprint density at radius 1 is 1.00 bits per heavy atom. The maximum Gasteiger partial charge on any atom is 0.333 e. The summed E-state index contributed by atoms with van der Waals surface area (Å²) in [6, 6.07) is 19.1. The van der Waals surface area contributed by atoms with Crippen LogP contribution in [0.5, 0.6) is 0 Å². The van der Waals surface area contributed by atoms with Crippen molar-refractivity contribution in [1.82, 2.24) is 24.0 Å². The maximum absolute atomic E-state index is 13.4. The van der Waals surface area contributed by atoms with Crippen LogP contribution in [0.25, 0.3) is 38.8 Å². The number of rotatable bonds is 4.